The zero-order valence-corrected chi connectivity index (χ0v) is 17.9. The summed E-state index contributed by atoms with van der Waals surface area (Å²) in [6.07, 6.45) is -0.482. The van der Waals surface area contributed by atoms with Crippen molar-refractivity contribution < 1.29 is 19.4 Å². The van der Waals surface area contributed by atoms with Crippen molar-refractivity contribution in [3.8, 4) is 0 Å². The van der Waals surface area contributed by atoms with E-state index in [0.717, 1.165) is 33.4 Å². The molecule has 28 heavy (non-hydrogen) atoms. The minimum Gasteiger partial charge on any atom is -0.466 e. The second-order valence-electron chi connectivity index (χ2n) is 7.66. The van der Waals surface area contributed by atoms with E-state index in [9.17, 15) is 14.7 Å². The molecular formula is C24H30O4. The lowest BCUT2D eigenvalue weighted by Crippen LogP contribution is -2.41. The van der Waals surface area contributed by atoms with Crippen molar-refractivity contribution in [1.82, 2.24) is 0 Å². The third-order valence-electron chi connectivity index (χ3n) is 5.09. The van der Waals surface area contributed by atoms with E-state index < -0.39 is 23.8 Å². The van der Waals surface area contributed by atoms with Crippen LogP contribution in [0.3, 0.4) is 0 Å². The number of esters is 1. The van der Waals surface area contributed by atoms with Gasteiger partial charge in [0.05, 0.1) is 6.61 Å². The normalized spacial score (nSPS) is 11.4. The molecule has 0 saturated carbocycles. The van der Waals surface area contributed by atoms with Crippen LogP contribution in [0.1, 0.15) is 57.9 Å². The van der Waals surface area contributed by atoms with Gasteiger partial charge >= 0.3 is 5.97 Å². The number of carbonyl (C=O) groups excluding carboxylic acids is 2. The summed E-state index contributed by atoms with van der Waals surface area (Å²) in [5.74, 6) is -1.20. The number of hydrogen-bond donors (Lipinski definition) is 1. The molecule has 2 rings (SSSR count). The highest BCUT2D eigenvalue weighted by Crippen LogP contribution is 2.40. The number of aryl methyl sites for hydroxylation is 6. The van der Waals surface area contributed by atoms with Crippen LogP contribution in [0.4, 0.5) is 0 Å². The third-order valence-corrected chi connectivity index (χ3v) is 5.09. The van der Waals surface area contributed by atoms with Crippen LogP contribution in [0, 0.1) is 41.5 Å². The fourth-order valence-electron chi connectivity index (χ4n) is 4.38. The van der Waals surface area contributed by atoms with Gasteiger partial charge in [-0.2, -0.15) is 0 Å². The van der Waals surface area contributed by atoms with Gasteiger partial charge in [-0.3, -0.25) is 9.59 Å². The molecule has 0 amide bonds. The highest BCUT2D eigenvalue weighted by molar-refractivity contribution is 6.03. The summed E-state index contributed by atoms with van der Waals surface area (Å²) in [7, 11) is 0. The highest BCUT2D eigenvalue weighted by atomic mass is 16.5. The third kappa shape index (κ3) is 4.02. The maximum absolute atomic E-state index is 13.4. The molecule has 0 aromatic heterocycles. The number of aliphatic hydroxyl groups is 1. The monoisotopic (exact) mass is 382 g/mol. The van der Waals surface area contributed by atoms with Gasteiger partial charge in [0.1, 0.15) is 6.42 Å². The van der Waals surface area contributed by atoms with Crippen molar-refractivity contribution in [1.29, 1.82) is 0 Å². The molecule has 0 aliphatic carbocycles. The van der Waals surface area contributed by atoms with Gasteiger partial charge in [0.15, 0.2) is 11.4 Å². The van der Waals surface area contributed by atoms with Gasteiger partial charge in [-0.1, -0.05) is 35.4 Å². The summed E-state index contributed by atoms with van der Waals surface area (Å²) in [4.78, 5) is 25.4. The van der Waals surface area contributed by atoms with E-state index in [1.807, 2.05) is 65.8 Å². The van der Waals surface area contributed by atoms with E-state index in [0.29, 0.717) is 11.1 Å². The van der Waals surface area contributed by atoms with Gasteiger partial charge < -0.3 is 9.84 Å². The number of carbonyl (C=O) groups is 2. The minimum absolute atomic E-state index is 0.190. The number of rotatable bonds is 6. The van der Waals surface area contributed by atoms with Crippen LogP contribution in [-0.4, -0.2) is 23.5 Å². The van der Waals surface area contributed by atoms with Gasteiger partial charge in [-0.25, -0.2) is 0 Å². The Bertz CT molecular complexity index is 821. The van der Waals surface area contributed by atoms with E-state index in [1.165, 1.54) is 0 Å². The van der Waals surface area contributed by atoms with E-state index in [1.54, 1.807) is 6.92 Å². The first-order valence-electron chi connectivity index (χ1n) is 9.60. The maximum Gasteiger partial charge on any atom is 0.313 e. The molecular weight excluding hydrogens is 352 g/mol. The molecule has 0 heterocycles. The Morgan fingerprint density at radius 2 is 1.18 bits per heavy atom. The lowest BCUT2D eigenvalue weighted by molar-refractivity contribution is -0.149. The smallest absolute Gasteiger partial charge is 0.313 e. The molecule has 4 nitrogen and oxygen atoms in total. The van der Waals surface area contributed by atoms with Crippen molar-refractivity contribution in [2.24, 2.45) is 0 Å². The van der Waals surface area contributed by atoms with Crippen molar-refractivity contribution >= 4 is 11.8 Å². The lowest BCUT2D eigenvalue weighted by atomic mass is 9.74. The van der Waals surface area contributed by atoms with Crippen molar-refractivity contribution in [3.63, 3.8) is 0 Å². The Kier molecular flexibility index (Phi) is 6.45. The fourth-order valence-corrected chi connectivity index (χ4v) is 4.38. The summed E-state index contributed by atoms with van der Waals surface area (Å²) in [6, 6.07) is 7.79. The zero-order chi connectivity index (χ0) is 21.2. The lowest BCUT2D eigenvalue weighted by Gasteiger charge is -2.33. The molecule has 0 bridgehead atoms. The van der Waals surface area contributed by atoms with Crippen LogP contribution in [0.2, 0.25) is 0 Å². The summed E-state index contributed by atoms with van der Waals surface area (Å²) in [6.45, 7) is 13.4. The summed E-state index contributed by atoms with van der Waals surface area (Å²) in [5, 5.41) is 12.0. The van der Waals surface area contributed by atoms with E-state index in [4.69, 9.17) is 4.74 Å². The van der Waals surface area contributed by atoms with Crippen LogP contribution in [0.25, 0.3) is 0 Å². The van der Waals surface area contributed by atoms with Crippen molar-refractivity contribution in [2.45, 2.75) is 60.5 Å². The molecule has 0 fully saturated rings. The fraction of sp³-hybridized carbons (Fsp3) is 0.417. The van der Waals surface area contributed by atoms with Crippen molar-refractivity contribution in [2.75, 3.05) is 6.61 Å². The van der Waals surface area contributed by atoms with E-state index in [2.05, 4.69) is 0 Å². The second kappa shape index (κ2) is 8.27. The Hall–Kier alpha value is -2.46. The number of hydrogen-bond acceptors (Lipinski definition) is 4. The molecule has 0 saturated heterocycles. The molecule has 150 valence electrons. The summed E-state index contributed by atoms with van der Waals surface area (Å²) >= 11 is 0. The average Bonchev–Trinajstić information content (AvgIpc) is 2.52. The molecule has 0 unspecified atom stereocenters. The summed E-state index contributed by atoms with van der Waals surface area (Å²) in [5.41, 5.74) is 4.54. The Labute approximate surface area is 167 Å². The summed E-state index contributed by atoms with van der Waals surface area (Å²) < 4.78 is 4.97. The van der Waals surface area contributed by atoms with Crippen LogP contribution in [0.5, 0.6) is 0 Å². The topological polar surface area (TPSA) is 63.6 Å². The molecule has 0 atom stereocenters. The molecule has 0 radical (unpaired) electrons. The molecule has 2 aromatic carbocycles. The van der Waals surface area contributed by atoms with Gasteiger partial charge in [0, 0.05) is 11.1 Å². The quantitative estimate of drug-likeness (QED) is 0.598. The first-order chi connectivity index (χ1) is 13.0. The predicted molar refractivity (Wildman–Crippen MR) is 111 cm³/mol. The number of Topliss-reactive ketones (excluding diaryl/α,β-unsaturated/α-hetero) is 1. The molecule has 1 N–H and O–H groups in total. The molecule has 0 aliphatic heterocycles. The Balaban J connectivity index is 2.81. The Morgan fingerprint density at radius 1 is 0.821 bits per heavy atom. The molecule has 0 aliphatic rings. The van der Waals surface area contributed by atoms with Gasteiger partial charge in [-0.05, 0) is 70.7 Å². The predicted octanol–water partition coefficient (Wildman–Crippen LogP) is 4.30. The number of ketones is 1. The molecule has 0 spiro atoms. The second-order valence-corrected chi connectivity index (χ2v) is 7.66. The van der Waals surface area contributed by atoms with Crippen LogP contribution < -0.4 is 0 Å². The van der Waals surface area contributed by atoms with Crippen LogP contribution in [0.15, 0.2) is 24.3 Å². The zero-order valence-electron chi connectivity index (χ0n) is 17.9. The number of ether oxygens (including phenoxy) is 1. The maximum atomic E-state index is 13.4. The SMILES string of the molecule is CCOC(=O)CC(=O)C(O)(c1c(C)cc(C)cc1C)c1c(C)cc(C)cc1C. The number of benzene rings is 2. The standard InChI is InChI=1S/C24H30O4/c1-8-28-21(26)13-20(25)24(27,22-16(4)9-14(2)10-17(22)5)23-18(6)11-15(3)12-19(23)7/h9-12,27H,8,13H2,1-7H3. The first kappa shape index (κ1) is 21.8. The Morgan fingerprint density at radius 3 is 1.50 bits per heavy atom. The highest BCUT2D eigenvalue weighted by Gasteiger charge is 2.44. The van der Waals surface area contributed by atoms with Gasteiger partial charge in [-0.15, -0.1) is 0 Å². The minimum atomic E-state index is -1.92. The van der Waals surface area contributed by atoms with Gasteiger partial charge in [0.2, 0.25) is 0 Å². The first-order valence-corrected chi connectivity index (χ1v) is 9.60. The largest absolute Gasteiger partial charge is 0.466 e. The molecule has 4 heteroatoms. The van der Waals surface area contributed by atoms with Crippen LogP contribution in [-0.2, 0) is 19.9 Å². The van der Waals surface area contributed by atoms with Gasteiger partial charge in [0.25, 0.3) is 0 Å². The van der Waals surface area contributed by atoms with Crippen LogP contribution >= 0.6 is 0 Å². The van der Waals surface area contributed by atoms with E-state index >= 15 is 0 Å². The van der Waals surface area contributed by atoms with E-state index in [-0.39, 0.29) is 6.61 Å². The average molecular weight is 383 g/mol. The van der Waals surface area contributed by atoms with Crippen molar-refractivity contribution in [3.05, 3.63) is 68.8 Å². The molecule has 2 aromatic rings.